The minimum absolute atomic E-state index is 0.127. The van der Waals surface area contributed by atoms with Crippen LogP contribution in [0.25, 0.3) is 11.1 Å². The lowest BCUT2D eigenvalue weighted by Gasteiger charge is -2.15. The predicted molar refractivity (Wildman–Crippen MR) is 115 cm³/mol. The number of carboxylic acid groups (broad SMARTS) is 1. The second-order valence-corrected chi connectivity index (χ2v) is 7.12. The van der Waals surface area contributed by atoms with Crippen molar-refractivity contribution in [1.29, 1.82) is 0 Å². The van der Waals surface area contributed by atoms with E-state index in [1.54, 1.807) is 7.11 Å². The molecule has 0 spiro atoms. The number of carbonyl (C=O) groups is 1. The van der Waals surface area contributed by atoms with Gasteiger partial charge >= 0.3 is 5.97 Å². The van der Waals surface area contributed by atoms with Crippen LogP contribution in [0.2, 0.25) is 0 Å². The Hall–Kier alpha value is -3.27. The molecule has 0 amide bonds. The van der Waals surface area contributed by atoms with Gasteiger partial charge in [0.15, 0.2) is 0 Å². The van der Waals surface area contributed by atoms with Gasteiger partial charge in [-0.15, -0.1) is 0 Å². The molecule has 0 saturated carbocycles. The molecular formula is C25H26O4. The Kier molecular flexibility index (Phi) is 6.55. The molecule has 1 N–H and O–H groups in total. The summed E-state index contributed by atoms with van der Waals surface area (Å²) in [4.78, 5) is 10.7. The fourth-order valence-corrected chi connectivity index (χ4v) is 3.48. The van der Waals surface area contributed by atoms with Crippen LogP contribution in [-0.4, -0.2) is 18.2 Å². The highest BCUT2D eigenvalue weighted by molar-refractivity contribution is 5.72. The lowest BCUT2D eigenvalue weighted by Crippen LogP contribution is -2.00. The number of methoxy groups -OCH3 is 1. The maximum atomic E-state index is 10.7. The Bertz CT molecular complexity index is 970. The highest BCUT2D eigenvalue weighted by Gasteiger charge is 2.10. The molecule has 29 heavy (non-hydrogen) atoms. The molecule has 0 aliphatic rings. The summed E-state index contributed by atoms with van der Waals surface area (Å²) in [6, 6.07) is 20.0. The van der Waals surface area contributed by atoms with Gasteiger partial charge in [0, 0.05) is 12.0 Å². The Morgan fingerprint density at radius 3 is 2.28 bits per heavy atom. The average Bonchev–Trinajstić information content (AvgIpc) is 2.71. The van der Waals surface area contributed by atoms with Gasteiger partial charge in [-0.25, -0.2) is 0 Å². The monoisotopic (exact) mass is 390 g/mol. The number of carboxylic acids is 1. The number of aliphatic carboxylic acids is 1. The minimum atomic E-state index is -0.791. The van der Waals surface area contributed by atoms with Crippen molar-refractivity contribution < 1.29 is 19.4 Å². The molecule has 0 aliphatic carbocycles. The maximum absolute atomic E-state index is 10.7. The van der Waals surface area contributed by atoms with Crippen LogP contribution in [0.15, 0.2) is 60.7 Å². The maximum Gasteiger partial charge on any atom is 0.303 e. The van der Waals surface area contributed by atoms with Crippen molar-refractivity contribution in [3.8, 4) is 22.6 Å². The molecule has 0 aromatic heterocycles. The van der Waals surface area contributed by atoms with Crippen molar-refractivity contribution in [2.75, 3.05) is 7.11 Å². The van der Waals surface area contributed by atoms with Crippen molar-refractivity contribution >= 4 is 5.97 Å². The van der Waals surface area contributed by atoms with Crippen LogP contribution < -0.4 is 9.47 Å². The normalized spacial score (nSPS) is 10.6. The fourth-order valence-electron chi connectivity index (χ4n) is 3.48. The number of rotatable bonds is 8. The van der Waals surface area contributed by atoms with Gasteiger partial charge in [-0.3, -0.25) is 4.79 Å². The van der Waals surface area contributed by atoms with E-state index >= 15 is 0 Å². The topological polar surface area (TPSA) is 55.8 Å². The van der Waals surface area contributed by atoms with E-state index in [1.165, 1.54) is 16.7 Å². The first-order chi connectivity index (χ1) is 14.0. The van der Waals surface area contributed by atoms with E-state index in [0.29, 0.717) is 13.0 Å². The van der Waals surface area contributed by atoms with Gasteiger partial charge in [-0.2, -0.15) is 0 Å². The molecule has 3 aromatic carbocycles. The second kappa shape index (κ2) is 9.28. The molecular weight excluding hydrogens is 364 g/mol. The smallest absolute Gasteiger partial charge is 0.303 e. The molecule has 3 aromatic rings. The highest BCUT2D eigenvalue weighted by atomic mass is 16.5. The lowest BCUT2D eigenvalue weighted by molar-refractivity contribution is -0.136. The third-order valence-electron chi connectivity index (χ3n) is 5.00. The van der Waals surface area contributed by atoms with Gasteiger partial charge < -0.3 is 14.6 Å². The summed E-state index contributed by atoms with van der Waals surface area (Å²) < 4.78 is 11.5. The Morgan fingerprint density at radius 2 is 1.66 bits per heavy atom. The van der Waals surface area contributed by atoms with Gasteiger partial charge in [0.25, 0.3) is 0 Å². The SMILES string of the molecule is COc1ccc(-c2c(C)cccc2C)cc1COc1ccc(CCC(=O)O)cc1. The Morgan fingerprint density at radius 1 is 0.966 bits per heavy atom. The molecule has 0 heterocycles. The summed E-state index contributed by atoms with van der Waals surface area (Å²) in [6.07, 6.45) is 0.643. The summed E-state index contributed by atoms with van der Waals surface area (Å²) >= 11 is 0. The van der Waals surface area contributed by atoms with Gasteiger partial charge in [0.1, 0.15) is 18.1 Å². The van der Waals surface area contributed by atoms with E-state index in [4.69, 9.17) is 14.6 Å². The fraction of sp³-hybridized carbons (Fsp3) is 0.240. The summed E-state index contributed by atoms with van der Waals surface area (Å²) in [5.41, 5.74) is 6.80. The molecule has 0 bridgehead atoms. The van der Waals surface area contributed by atoms with E-state index in [1.807, 2.05) is 30.3 Å². The van der Waals surface area contributed by atoms with E-state index < -0.39 is 5.97 Å². The molecule has 0 radical (unpaired) electrons. The highest BCUT2D eigenvalue weighted by Crippen LogP contribution is 2.31. The van der Waals surface area contributed by atoms with Crippen LogP contribution >= 0.6 is 0 Å². The Balaban J connectivity index is 1.77. The van der Waals surface area contributed by atoms with Crippen LogP contribution in [0.3, 0.4) is 0 Å². The van der Waals surface area contributed by atoms with E-state index in [-0.39, 0.29) is 6.42 Å². The second-order valence-electron chi connectivity index (χ2n) is 7.12. The molecule has 0 unspecified atom stereocenters. The summed E-state index contributed by atoms with van der Waals surface area (Å²) in [7, 11) is 1.66. The van der Waals surface area contributed by atoms with Crippen molar-refractivity contribution in [2.24, 2.45) is 0 Å². The van der Waals surface area contributed by atoms with Crippen LogP contribution in [0.1, 0.15) is 28.7 Å². The summed E-state index contributed by atoms with van der Waals surface area (Å²) in [6.45, 7) is 4.62. The summed E-state index contributed by atoms with van der Waals surface area (Å²) in [5.74, 6) is 0.739. The standard InChI is InChI=1S/C25H26O4/c1-17-5-4-6-18(2)25(17)20-10-13-23(28-3)21(15-20)16-29-22-11-7-19(8-12-22)9-14-24(26)27/h4-8,10-13,15H,9,14,16H2,1-3H3,(H,26,27). The molecule has 0 aliphatic heterocycles. The largest absolute Gasteiger partial charge is 0.496 e. The van der Waals surface area contributed by atoms with Crippen LogP contribution in [0, 0.1) is 13.8 Å². The minimum Gasteiger partial charge on any atom is -0.496 e. The third kappa shape index (κ3) is 5.17. The van der Waals surface area contributed by atoms with Crippen LogP contribution in [0.5, 0.6) is 11.5 Å². The van der Waals surface area contributed by atoms with Crippen LogP contribution in [-0.2, 0) is 17.8 Å². The average molecular weight is 390 g/mol. The van der Waals surface area contributed by atoms with E-state index in [0.717, 1.165) is 28.2 Å². The zero-order valence-corrected chi connectivity index (χ0v) is 17.1. The van der Waals surface area contributed by atoms with E-state index in [9.17, 15) is 4.79 Å². The van der Waals surface area contributed by atoms with Gasteiger partial charge in [0.2, 0.25) is 0 Å². The molecule has 3 rings (SSSR count). The molecule has 0 atom stereocenters. The number of hydrogen-bond donors (Lipinski definition) is 1. The molecule has 150 valence electrons. The number of hydrogen-bond acceptors (Lipinski definition) is 3. The number of aryl methyl sites for hydroxylation is 3. The molecule has 4 nitrogen and oxygen atoms in total. The first-order valence-corrected chi connectivity index (χ1v) is 9.65. The molecule has 0 fully saturated rings. The molecule has 0 saturated heterocycles. The number of benzene rings is 3. The van der Waals surface area contributed by atoms with Crippen molar-refractivity contribution in [3.63, 3.8) is 0 Å². The van der Waals surface area contributed by atoms with E-state index in [2.05, 4.69) is 44.2 Å². The van der Waals surface area contributed by atoms with Crippen molar-refractivity contribution in [2.45, 2.75) is 33.3 Å². The van der Waals surface area contributed by atoms with Crippen molar-refractivity contribution in [1.82, 2.24) is 0 Å². The lowest BCUT2D eigenvalue weighted by atomic mass is 9.94. The number of ether oxygens (including phenoxy) is 2. The predicted octanol–water partition coefficient (Wildman–Crippen LogP) is 5.58. The quantitative estimate of drug-likeness (QED) is 0.546. The molecule has 4 heteroatoms. The first-order valence-electron chi connectivity index (χ1n) is 9.65. The summed E-state index contributed by atoms with van der Waals surface area (Å²) in [5, 5.41) is 8.79. The van der Waals surface area contributed by atoms with Gasteiger partial charge in [-0.05, 0) is 72.4 Å². The van der Waals surface area contributed by atoms with Crippen molar-refractivity contribution in [3.05, 3.63) is 82.9 Å². The van der Waals surface area contributed by atoms with Gasteiger partial charge in [-0.1, -0.05) is 36.4 Å². The van der Waals surface area contributed by atoms with Crippen LogP contribution in [0.4, 0.5) is 0 Å². The Labute approximate surface area is 171 Å². The zero-order chi connectivity index (χ0) is 20.8. The first kappa shape index (κ1) is 20.5. The van der Waals surface area contributed by atoms with Gasteiger partial charge in [0.05, 0.1) is 7.11 Å². The third-order valence-corrected chi connectivity index (χ3v) is 5.00. The zero-order valence-electron chi connectivity index (χ0n) is 17.1.